The summed E-state index contributed by atoms with van der Waals surface area (Å²) in [6.45, 7) is 10.1. The Bertz CT molecular complexity index is 160. The first-order valence-electron chi connectivity index (χ1n) is 4.89. The molecular weight excluding hydrogens is 148 g/mol. The lowest BCUT2D eigenvalue weighted by Crippen LogP contribution is -2.34. The lowest BCUT2D eigenvalue weighted by atomic mass is 9.66. The Hall–Kier alpha value is -0.460. The predicted octanol–water partition coefficient (Wildman–Crippen LogP) is 3.22. The third-order valence-electron chi connectivity index (χ3n) is 3.28. The van der Waals surface area contributed by atoms with Crippen molar-refractivity contribution in [3.63, 3.8) is 0 Å². The van der Waals surface area contributed by atoms with Crippen LogP contribution in [0.3, 0.4) is 0 Å². The predicted molar refractivity (Wildman–Crippen MR) is 51.8 cm³/mol. The van der Waals surface area contributed by atoms with E-state index in [2.05, 4.69) is 33.8 Å². The van der Waals surface area contributed by atoms with Gasteiger partial charge in [-0.25, -0.2) is 0 Å². The van der Waals surface area contributed by atoms with Gasteiger partial charge in [0.1, 0.15) is 0 Å². The molecule has 1 heteroatoms. The van der Waals surface area contributed by atoms with Gasteiger partial charge in [-0.1, -0.05) is 27.7 Å². The summed E-state index contributed by atoms with van der Waals surface area (Å²) in [5, 5.41) is 0. The first-order chi connectivity index (χ1) is 5.59. The van der Waals surface area contributed by atoms with E-state index in [9.17, 15) is 0 Å². The van der Waals surface area contributed by atoms with E-state index in [0.29, 0.717) is 17.3 Å². The summed E-state index contributed by atoms with van der Waals surface area (Å²) in [6, 6.07) is 0. The van der Waals surface area contributed by atoms with Crippen molar-refractivity contribution < 1.29 is 4.74 Å². The molecule has 0 unspecified atom stereocenters. The third-order valence-corrected chi connectivity index (χ3v) is 3.28. The van der Waals surface area contributed by atoms with E-state index >= 15 is 0 Å². The van der Waals surface area contributed by atoms with E-state index in [1.165, 1.54) is 6.42 Å². The van der Waals surface area contributed by atoms with E-state index in [1.807, 2.05) is 6.26 Å². The molecular formula is C11H20O. The second-order valence-electron chi connectivity index (χ2n) is 4.35. The van der Waals surface area contributed by atoms with Crippen LogP contribution >= 0.6 is 0 Å². The summed E-state index contributed by atoms with van der Waals surface area (Å²) in [5.41, 5.74) is 0.373. The van der Waals surface area contributed by atoms with Crippen LogP contribution in [0.4, 0.5) is 0 Å². The zero-order valence-corrected chi connectivity index (χ0v) is 8.63. The minimum atomic E-state index is 0.373. The van der Waals surface area contributed by atoms with Crippen LogP contribution in [0.5, 0.6) is 0 Å². The average Bonchev–Trinajstić information content (AvgIpc) is 2.05. The molecule has 1 aliphatic rings. The minimum absolute atomic E-state index is 0.373. The lowest BCUT2D eigenvalue weighted by Gasteiger charge is -2.40. The third kappa shape index (κ3) is 1.50. The molecule has 0 N–H and O–H groups in total. The Labute approximate surface area is 75.8 Å². The molecule has 0 saturated heterocycles. The smallest absolute Gasteiger partial charge is 0.0881 e. The molecule has 0 fully saturated rings. The molecule has 0 saturated carbocycles. The van der Waals surface area contributed by atoms with Gasteiger partial charge in [0.2, 0.25) is 0 Å². The first-order valence-corrected chi connectivity index (χ1v) is 4.89. The summed E-state index contributed by atoms with van der Waals surface area (Å²) in [7, 11) is 0. The van der Waals surface area contributed by atoms with Crippen LogP contribution in [-0.2, 0) is 4.74 Å². The van der Waals surface area contributed by atoms with E-state index in [0.717, 1.165) is 6.61 Å². The second-order valence-corrected chi connectivity index (χ2v) is 4.35. The number of hydrogen-bond acceptors (Lipinski definition) is 1. The first kappa shape index (κ1) is 9.63. The van der Waals surface area contributed by atoms with Crippen molar-refractivity contribution in [2.75, 3.05) is 6.61 Å². The van der Waals surface area contributed by atoms with Gasteiger partial charge < -0.3 is 4.74 Å². The quantitative estimate of drug-likeness (QED) is 0.615. The van der Waals surface area contributed by atoms with E-state index in [4.69, 9.17) is 4.74 Å². The second kappa shape index (κ2) is 3.51. The summed E-state index contributed by atoms with van der Waals surface area (Å²) in [6.07, 6.45) is 5.30. The lowest BCUT2D eigenvalue weighted by molar-refractivity contribution is 0.0857. The number of rotatable bonds is 2. The molecule has 0 radical (unpaired) electrons. The van der Waals surface area contributed by atoms with Gasteiger partial charge in [-0.05, 0) is 29.7 Å². The van der Waals surface area contributed by atoms with Crippen molar-refractivity contribution in [2.45, 2.75) is 34.1 Å². The van der Waals surface area contributed by atoms with Crippen LogP contribution in [0.1, 0.15) is 34.1 Å². The Balaban J connectivity index is 2.85. The van der Waals surface area contributed by atoms with E-state index in [1.54, 1.807) is 0 Å². The van der Waals surface area contributed by atoms with Crippen LogP contribution < -0.4 is 0 Å². The highest BCUT2D eigenvalue weighted by molar-refractivity contribution is 5.03. The largest absolute Gasteiger partial charge is 0.501 e. The molecule has 1 nitrogen and oxygen atoms in total. The molecule has 70 valence electrons. The Morgan fingerprint density at radius 2 is 1.75 bits per heavy atom. The minimum Gasteiger partial charge on any atom is -0.501 e. The van der Waals surface area contributed by atoms with Gasteiger partial charge in [0.25, 0.3) is 0 Å². The number of ether oxygens (including phenoxy) is 1. The van der Waals surface area contributed by atoms with Gasteiger partial charge >= 0.3 is 0 Å². The van der Waals surface area contributed by atoms with Crippen molar-refractivity contribution in [2.24, 2.45) is 17.3 Å². The van der Waals surface area contributed by atoms with Crippen LogP contribution in [0.2, 0.25) is 0 Å². The summed E-state index contributed by atoms with van der Waals surface area (Å²) in [5.74, 6) is 1.41. The van der Waals surface area contributed by atoms with E-state index < -0.39 is 0 Å². The topological polar surface area (TPSA) is 9.23 Å². The SMILES string of the molecule is CC(C)C1(C(C)C)C=COCC1. The zero-order valence-electron chi connectivity index (χ0n) is 8.63. The molecule has 0 aromatic carbocycles. The zero-order chi connectivity index (χ0) is 9.19. The number of hydrogen-bond donors (Lipinski definition) is 0. The fourth-order valence-corrected chi connectivity index (χ4v) is 2.19. The highest BCUT2D eigenvalue weighted by Crippen LogP contribution is 2.42. The molecule has 0 aliphatic carbocycles. The van der Waals surface area contributed by atoms with Crippen molar-refractivity contribution in [3.8, 4) is 0 Å². The van der Waals surface area contributed by atoms with Crippen LogP contribution in [0.25, 0.3) is 0 Å². The molecule has 0 bridgehead atoms. The van der Waals surface area contributed by atoms with Crippen LogP contribution in [0.15, 0.2) is 12.3 Å². The maximum absolute atomic E-state index is 5.24. The molecule has 1 heterocycles. The molecule has 0 spiro atoms. The fraction of sp³-hybridized carbons (Fsp3) is 0.818. The standard InChI is InChI=1S/C11H20O/c1-9(2)11(10(3)4)5-7-12-8-6-11/h5,7,9-10H,6,8H2,1-4H3. The summed E-state index contributed by atoms with van der Waals surface area (Å²) >= 11 is 0. The molecule has 1 rings (SSSR count). The molecule has 1 aliphatic heterocycles. The van der Waals surface area contributed by atoms with Crippen molar-refractivity contribution in [1.82, 2.24) is 0 Å². The average molecular weight is 168 g/mol. The van der Waals surface area contributed by atoms with Crippen molar-refractivity contribution in [3.05, 3.63) is 12.3 Å². The Morgan fingerprint density at radius 3 is 2.00 bits per heavy atom. The molecule has 0 aromatic rings. The molecule has 0 aromatic heterocycles. The molecule has 0 amide bonds. The molecule has 12 heavy (non-hydrogen) atoms. The normalized spacial score (nSPS) is 21.5. The highest BCUT2D eigenvalue weighted by Gasteiger charge is 2.35. The number of allylic oxidation sites excluding steroid dienone is 1. The van der Waals surface area contributed by atoms with Crippen molar-refractivity contribution in [1.29, 1.82) is 0 Å². The Kier molecular flexibility index (Phi) is 2.81. The van der Waals surface area contributed by atoms with Crippen LogP contribution in [0, 0.1) is 17.3 Å². The maximum Gasteiger partial charge on any atom is 0.0881 e. The molecule has 0 atom stereocenters. The van der Waals surface area contributed by atoms with Gasteiger partial charge in [-0.3, -0.25) is 0 Å². The monoisotopic (exact) mass is 168 g/mol. The van der Waals surface area contributed by atoms with Crippen LogP contribution in [-0.4, -0.2) is 6.61 Å². The summed E-state index contributed by atoms with van der Waals surface area (Å²) < 4.78 is 5.24. The maximum atomic E-state index is 5.24. The van der Waals surface area contributed by atoms with Gasteiger partial charge in [-0.2, -0.15) is 0 Å². The fourth-order valence-electron chi connectivity index (χ4n) is 2.19. The van der Waals surface area contributed by atoms with Gasteiger partial charge in [0.05, 0.1) is 12.9 Å². The van der Waals surface area contributed by atoms with E-state index in [-0.39, 0.29) is 0 Å². The van der Waals surface area contributed by atoms with Gasteiger partial charge in [-0.15, -0.1) is 0 Å². The highest BCUT2D eigenvalue weighted by atomic mass is 16.5. The van der Waals surface area contributed by atoms with Crippen molar-refractivity contribution >= 4 is 0 Å². The summed E-state index contributed by atoms with van der Waals surface area (Å²) in [4.78, 5) is 0. The van der Waals surface area contributed by atoms with Gasteiger partial charge in [0.15, 0.2) is 0 Å². The van der Waals surface area contributed by atoms with Gasteiger partial charge in [0, 0.05) is 0 Å². The Morgan fingerprint density at radius 1 is 1.17 bits per heavy atom.